The molecule has 0 saturated carbocycles. The lowest BCUT2D eigenvalue weighted by molar-refractivity contribution is -0.117. The molecule has 166 valence electrons. The highest BCUT2D eigenvalue weighted by Crippen LogP contribution is 2.35. The third-order valence-electron chi connectivity index (χ3n) is 6.49. The predicted molar refractivity (Wildman–Crippen MR) is 131 cm³/mol. The van der Waals surface area contributed by atoms with Crippen LogP contribution < -0.4 is 5.32 Å². The standard InChI is InChI=1S/C26H30N4OS/c1-19-22-18-23(32-25-12-7-11-24(27-19)30(22)25)26(31)28-21-13-16-29(17-14-21)15-6-5-10-20-8-3-2-4-9-20/h2-4,7-9,11-12,18,21H,5-6,10,13-17H2,1H3,(H,28,31). The molecule has 6 heteroatoms. The molecule has 32 heavy (non-hydrogen) atoms. The molecular weight excluding hydrogens is 416 g/mol. The highest BCUT2D eigenvalue weighted by Gasteiger charge is 2.25. The number of benzene rings is 1. The Labute approximate surface area is 193 Å². The molecule has 0 spiro atoms. The fraction of sp³-hybridized carbons (Fsp3) is 0.385. The molecule has 1 saturated heterocycles. The maximum atomic E-state index is 13.0. The zero-order chi connectivity index (χ0) is 21.9. The van der Waals surface area contributed by atoms with E-state index < -0.39 is 0 Å². The molecule has 3 aromatic rings. The van der Waals surface area contributed by atoms with Crippen molar-refractivity contribution < 1.29 is 4.79 Å². The highest BCUT2D eigenvalue weighted by atomic mass is 32.2. The molecule has 5 rings (SSSR count). The van der Waals surface area contributed by atoms with Gasteiger partial charge in [-0.15, -0.1) is 0 Å². The van der Waals surface area contributed by atoms with Crippen LogP contribution in [0, 0.1) is 6.92 Å². The van der Waals surface area contributed by atoms with Crippen molar-refractivity contribution in [1.29, 1.82) is 0 Å². The van der Waals surface area contributed by atoms with Crippen LogP contribution in [0.25, 0.3) is 11.7 Å². The monoisotopic (exact) mass is 446 g/mol. The fourth-order valence-corrected chi connectivity index (χ4v) is 5.67. The molecule has 0 radical (unpaired) electrons. The number of hydrogen-bond donors (Lipinski definition) is 1. The van der Waals surface area contributed by atoms with Crippen LogP contribution in [-0.2, 0) is 11.2 Å². The van der Waals surface area contributed by atoms with Gasteiger partial charge in [0.25, 0.3) is 5.91 Å². The summed E-state index contributed by atoms with van der Waals surface area (Å²) < 4.78 is 2.13. The Morgan fingerprint density at radius 1 is 1.09 bits per heavy atom. The van der Waals surface area contributed by atoms with Crippen molar-refractivity contribution in [3.05, 3.63) is 70.4 Å². The van der Waals surface area contributed by atoms with Crippen molar-refractivity contribution in [3.63, 3.8) is 0 Å². The van der Waals surface area contributed by atoms with E-state index in [1.165, 1.54) is 30.2 Å². The van der Waals surface area contributed by atoms with Gasteiger partial charge in [-0.1, -0.05) is 48.2 Å². The third-order valence-corrected chi connectivity index (χ3v) is 7.54. The SMILES string of the molecule is Cc1nc2cccc3n2c1C=C(C(=O)NC1CCN(CCCCc2ccccc2)CC1)S3. The van der Waals surface area contributed by atoms with Crippen LogP contribution in [0.15, 0.2) is 58.5 Å². The van der Waals surface area contributed by atoms with E-state index in [0.29, 0.717) is 0 Å². The van der Waals surface area contributed by atoms with E-state index >= 15 is 0 Å². The van der Waals surface area contributed by atoms with Crippen LogP contribution in [0.3, 0.4) is 0 Å². The molecule has 0 aliphatic carbocycles. The first-order chi connectivity index (χ1) is 15.7. The number of aromatic nitrogens is 2. The summed E-state index contributed by atoms with van der Waals surface area (Å²) in [4.78, 5) is 20.9. The summed E-state index contributed by atoms with van der Waals surface area (Å²) >= 11 is 1.53. The molecule has 0 unspecified atom stereocenters. The molecule has 0 atom stereocenters. The summed E-state index contributed by atoms with van der Waals surface area (Å²) in [6.45, 7) is 5.28. The lowest BCUT2D eigenvalue weighted by atomic mass is 10.0. The van der Waals surface area contributed by atoms with E-state index in [1.54, 1.807) is 0 Å². The van der Waals surface area contributed by atoms with Gasteiger partial charge >= 0.3 is 0 Å². The van der Waals surface area contributed by atoms with Crippen LogP contribution in [0.1, 0.15) is 42.6 Å². The predicted octanol–water partition coefficient (Wildman–Crippen LogP) is 4.69. The largest absolute Gasteiger partial charge is 0.349 e. The summed E-state index contributed by atoms with van der Waals surface area (Å²) in [5.74, 6) is 0.0418. The van der Waals surface area contributed by atoms with Crippen molar-refractivity contribution in [2.45, 2.75) is 50.1 Å². The average Bonchev–Trinajstić information content (AvgIpc) is 3.15. The summed E-state index contributed by atoms with van der Waals surface area (Å²) in [7, 11) is 0. The molecule has 2 aliphatic rings. The minimum atomic E-state index is 0.0418. The Bertz CT molecular complexity index is 1130. The Morgan fingerprint density at radius 3 is 2.72 bits per heavy atom. The van der Waals surface area contributed by atoms with Gasteiger partial charge in [0, 0.05) is 19.1 Å². The van der Waals surface area contributed by atoms with Crippen LogP contribution in [0.2, 0.25) is 0 Å². The Balaban J connectivity index is 1.09. The van der Waals surface area contributed by atoms with Gasteiger partial charge in [-0.3, -0.25) is 9.20 Å². The maximum absolute atomic E-state index is 13.0. The third kappa shape index (κ3) is 4.62. The number of piperidine rings is 1. The second-order valence-corrected chi connectivity index (χ2v) is 9.85. The topological polar surface area (TPSA) is 49.6 Å². The van der Waals surface area contributed by atoms with Crippen LogP contribution >= 0.6 is 11.8 Å². The zero-order valence-electron chi connectivity index (χ0n) is 18.6. The van der Waals surface area contributed by atoms with Gasteiger partial charge in [0.15, 0.2) is 0 Å². The number of unbranched alkanes of at least 4 members (excludes halogenated alkanes) is 1. The van der Waals surface area contributed by atoms with Gasteiger partial charge < -0.3 is 10.2 Å². The molecule has 1 amide bonds. The number of rotatable bonds is 7. The van der Waals surface area contributed by atoms with E-state index in [4.69, 9.17) is 0 Å². The Hall–Kier alpha value is -2.57. The van der Waals surface area contributed by atoms with E-state index in [0.717, 1.165) is 65.9 Å². The summed E-state index contributed by atoms with van der Waals surface area (Å²) in [5, 5.41) is 4.34. The molecule has 4 heterocycles. The average molecular weight is 447 g/mol. The molecule has 2 aromatic heterocycles. The first kappa shape index (κ1) is 21.3. The quantitative estimate of drug-likeness (QED) is 0.535. The fourth-order valence-electron chi connectivity index (χ4n) is 4.69. The number of carbonyl (C=O) groups excluding carboxylic acids is 1. The molecule has 2 aliphatic heterocycles. The summed E-state index contributed by atoms with van der Waals surface area (Å²) in [6.07, 6.45) is 7.66. The number of carbonyl (C=O) groups is 1. The van der Waals surface area contributed by atoms with E-state index in [9.17, 15) is 4.79 Å². The van der Waals surface area contributed by atoms with Crippen molar-refractivity contribution in [1.82, 2.24) is 19.6 Å². The smallest absolute Gasteiger partial charge is 0.258 e. The lowest BCUT2D eigenvalue weighted by Crippen LogP contribution is -2.45. The maximum Gasteiger partial charge on any atom is 0.258 e. The Kier molecular flexibility index (Phi) is 6.32. The van der Waals surface area contributed by atoms with Gasteiger partial charge in [0.1, 0.15) is 5.65 Å². The number of likely N-dealkylation sites (tertiary alicyclic amines) is 1. The highest BCUT2D eigenvalue weighted by molar-refractivity contribution is 8.04. The number of nitrogens with zero attached hydrogens (tertiary/aromatic N) is 3. The number of thioether (sulfide) groups is 1. The molecule has 1 N–H and O–H groups in total. The molecule has 5 nitrogen and oxygen atoms in total. The van der Waals surface area contributed by atoms with Gasteiger partial charge in [-0.05, 0) is 69.3 Å². The number of aryl methyl sites for hydroxylation is 2. The van der Waals surface area contributed by atoms with Crippen molar-refractivity contribution in [2.24, 2.45) is 0 Å². The lowest BCUT2D eigenvalue weighted by Gasteiger charge is -2.32. The Morgan fingerprint density at radius 2 is 1.91 bits per heavy atom. The summed E-state index contributed by atoms with van der Waals surface area (Å²) in [5.41, 5.74) is 4.35. The van der Waals surface area contributed by atoms with Gasteiger partial charge in [0.05, 0.1) is 21.3 Å². The van der Waals surface area contributed by atoms with E-state index in [2.05, 4.69) is 56.0 Å². The number of amides is 1. The second-order valence-electron chi connectivity index (χ2n) is 8.78. The van der Waals surface area contributed by atoms with Gasteiger partial charge in [0.2, 0.25) is 0 Å². The van der Waals surface area contributed by atoms with Gasteiger partial charge in [-0.2, -0.15) is 0 Å². The molecular formula is C26H30N4OS. The molecule has 1 fully saturated rings. The van der Waals surface area contributed by atoms with E-state index in [-0.39, 0.29) is 11.9 Å². The van der Waals surface area contributed by atoms with Crippen LogP contribution in [0.4, 0.5) is 0 Å². The van der Waals surface area contributed by atoms with Gasteiger partial charge in [-0.25, -0.2) is 4.98 Å². The number of pyridine rings is 1. The van der Waals surface area contributed by atoms with Crippen molar-refractivity contribution in [2.75, 3.05) is 19.6 Å². The summed E-state index contributed by atoms with van der Waals surface area (Å²) in [6, 6.07) is 17.1. The zero-order valence-corrected chi connectivity index (χ0v) is 19.4. The first-order valence-electron chi connectivity index (χ1n) is 11.6. The van der Waals surface area contributed by atoms with Crippen molar-refractivity contribution in [3.8, 4) is 0 Å². The minimum absolute atomic E-state index is 0.0418. The van der Waals surface area contributed by atoms with Crippen LogP contribution in [0.5, 0.6) is 0 Å². The van der Waals surface area contributed by atoms with Crippen LogP contribution in [-0.4, -0.2) is 45.9 Å². The normalized spacial score (nSPS) is 16.8. The second kappa shape index (κ2) is 9.51. The molecule has 0 bridgehead atoms. The number of nitrogens with one attached hydrogen (secondary N) is 1. The number of imidazole rings is 1. The first-order valence-corrected chi connectivity index (χ1v) is 12.4. The molecule has 1 aromatic carbocycles. The van der Waals surface area contributed by atoms with E-state index in [1.807, 2.05) is 25.1 Å². The van der Waals surface area contributed by atoms with Crippen molar-refractivity contribution >= 4 is 29.4 Å². The minimum Gasteiger partial charge on any atom is -0.349 e. The number of hydrogen-bond acceptors (Lipinski definition) is 4.